The van der Waals surface area contributed by atoms with E-state index in [9.17, 15) is 5.11 Å². The normalized spacial score (nSPS) is 14.9. The molecule has 0 amide bonds. The first-order valence-corrected chi connectivity index (χ1v) is 10.2. The van der Waals surface area contributed by atoms with Gasteiger partial charge < -0.3 is 19.6 Å². The average Bonchev–Trinajstić information content (AvgIpc) is 2.74. The molecule has 1 fully saturated rings. The Labute approximate surface area is 169 Å². The van der Waals surface area contributed by atoms with Gasteiger partial charge in [-0.05, 0) is 37.6 Å². The molecule has 2 aromatic carbocycles. The molecule has 152 valence electrons. The minimum atomic E-state index is 0.0252. The summed E-state index contributed by atoms with van der Waals surface area (Å²) in [4.78, 5) is 7.24. The highest BCUT2D eigenvalue weighted by atomic mass is 16.5. The molecule has 0 bridgehead atoms. The molecule has 5 heteroatoms. The van der Waals surface area contributed by atoms with Gasteiger partial charge in [0.2, 0.25) is 0 Å². The van der Waals surface area contributed by atoms with Crippen molar-refractivity contribution in [2.75, 3.05) is 63.2 Å². The quantitative estimate of drug-likeness (QED) is 0.673. The summed E-state index contributed by atoms with van der Waals surface area (Å²) in [6.07, 6.45) is 2.17. The first kappa shape index (κ1) is 20.5. The predicted molar refractivity (Wildman–Crippen MR) is 117 cm³/mol. The number of unbranched alkanes of at least 4 members (excludes halogenated alkanes) is 1. The summed E-state index contributed by atoms with van der Waals surface area (Å²) in [5, 5.41) is 9.35. The molecule has 2 aromatic rings. The molecule has 0 saturated carbocycles. The van der Waals surface area contributed by atoms with E-state index in [1.165, 1.54) is 11.4 Å². The van der Waals surface area contributed by atoms with Gasteiger partial charge in [0.25, 0.3) is 0 Å². The van der Waals surface area contributed by atoms with E-state index in [1.54, 1.807) is 0 Å². The third-order valence-electron chi connectivity index (χ3n) is 5.35. The Balaban J connectivity index is 1.37. The maximum Gasteiger partial charge on any atom is 0.124 e. The molecule has 1 saturated heterocycles. The minimum Gasteiger partial charge on any atom is -0.493 e. The van der Waals surface area contributed by atoms with Crippen LogP contribution in [-0.2, 0) is 6.61 Å². The van der Waals surface area contributed by atoms with Crippen LogP contribution in [0.2, 0.25) is 0 Å². The Kier molecular flexibility index (Phi) is 7.57. The van der Waals surface area contributed by atoms with Gasteiger partial charge in [0.05, 0.1) is 24.6 Å². The van der Waals surface area contributed by atoms with E-state index in [4.69, 9.17) is 4.74 Å². The van der Waals surface area contributed by atoms with Gasteiger partial charge in [0.1, 0.15) is 5.75 Å². The summed E-state index contributed by atoms with van der Waals surface area (Å²) in [5.74, 6) is 0.804. The molecule has 1 heterocycles. The Morgan fingerprint density at radius 1 is 0.929 bits per heavy atom. The summed E-state index contributed by atoms with van der Waals surface area (Å²) >= 11 is 0. The first-order valence-electron chi connectivity index (χ1n) is 10.2. The van der Waals surface area contributed by atoms with Gasteiger partial charge in [-0.25, -0.2) is 0 Å². The lowest BCUT2D eigenvalue weighted by atomic mass is 10.2. The van der Waals surface area contributed by atoms with Gasteiger partial charge in [0.15, 0.2) is 0 Å². The number of hydrogen-bond acceptors (Lipinski definition) is 5. The molecule has 0 unspecified atom stereocenters. The third-order valence-corrected chi connectivity index (χ3v) is 5.35. The Bertz CT molecular complexity index is 727. The van der Waals surface area contributed by atoms with Crippen LogP contribution in [0.25, 0.3) is 0 Å². The fourth-order valence-corrected chi connectivity index (χ4v) is 3.72. The first-order chi connectivity index (χ1) is 13.7. The molecular weight excluding hydrogens is 350 g/mol. The molecule has 1 aliphatic heterocycles. The zero-order valence-corrected chi connectivity index (χ0v) is 17.2. The lowest BCUT2D eigenvalue weighted by Crippen LogP contribution is -2.47. The molecular formula is C23H33N3O2. The highest BCUT2D eigenvalue weighted by Crippen LogP contribution is 2.28. The smallest absolute Gasteiger partial charge is 0.124 e. The topological polar surface area (TPSA) is 39.2 Å². The fourth-order valence-electron chi connectivity index (χ4n) is 3.72. The number of hydrogen-bond donors (Lipinski definition) is 1. The SMILES string of the molecule is CN(C)c1ccccc1N1CCN(CCCCOc2ccccc2CO)CC1. The summed E-state index contributed by atoms with van der Waals surface area (Å²) in [5.41, 5.74) is 3.48. The number of aliphatic hydroxyl groups excluding tert-OH is 1. The summed E-state index contributed by atoms with van der Waals surface area (Å²) in [6, 6.07) is 16.4. The monoisotopic (exact) mass is 383 g/mol. The second kappa shape index (κ2) is 10.3. The number of para-hydroxylation sites is 3. The molecule has 5 nitrogen and oxygen atoms in total. The molecule has 0 aromatic heterocycles. The van der Waals surface area contributed by atoms with Crippen molar-refractivity contribution in [1.82, 2.24) is 4.90 Å². The standard InChI is InChI=1S/C23H33N3O2/c1-24(2)21-10-4-5-11-22(21)26-16-14-25(15-17-26)13-7-8-18-28-23-12-6-3-9-20(23)19-27/h3-6,9-12,27H,7-8,13-19H2,1-2H3. The summed E-state index contributed by atoms with van der Waals surface area (Å²) in [7, 11) is 4.21. The van der Waals surface area contributed by atoms with E-state index >= 15 is 0 Å². The maximum atomic E-state index is 9.35. The van der Waals surface area contributed by atoms with Crippen LogP contribution in [0, 0.1) is 0 Å². The lowest BCUT2D eigenvalue weighted by molar-refractivity contribution is 0.234. The number of benzene rings is 2. The zero-order chi connectivity index (χ0) is 19.8. The van der Waals surface area contributed by atoms with Crippen LogP contribution in [0.1, 0.15) is 18.4 Å². The van der Waals surface area contributed by atoms with Crippen molar-refractivity contribution in [3.63, 3.8) is 0 Å². The highest BCUT2D eigenvalue weighted by Gasteiger charge is 2.19. The molecule has 3 rings (SSSR count). The Morgan fingerprint density at radius 2 is 1.64 bits per heavy atom. The lowest BCUT2D eigenvalue weighted by Gasteiger charge is -2.37. The van der Waals surface area contributed by atoms with Gasteiger partial charge in [-0.2, -0.15) is 0 Å². The maximum absolute atomic E-state index is 9.35. The van der Waals surface area contributed by atoms with Gasteiger partial charge >= 0.3 is 0 Å². The van der Waals surface area contributed by atoms with Gasteiger partial charge in [-0.3, -0.25) is 4.90 Å². The number of ether oxygens (including phenoxy) is 1. The van der Waals surface area contributed by atoms with Crippen molar-refractivity contribution in [3.8, 4) is 5.75 Å². The number of aliphatic hydroxyl groups is 1. The van der Waals surface area contributed by atoms with E-state index in [0.29, 0.717) is 6.61 Å². The molecule has 1 N–H and O–H groups in total. The summed E-state index contributed by atoms with van der Waals surface area (Å²) < 4.78 is 5.84. The fraction of sp³-hybridized carbons (Fsp3) is 0.478. The van der Waals surface area contributed by atoms with Gasteiger partial charge in [0, 0.05) is 45.8 Å². The van der Waals surface area contributed by atoms with Crippen LogP contribution in [0.15, 0.2) is 48.5 Å². The molecule has 0 atom stereocenters. The second-order valence-electron chi connectivity index (χ2n) is 7.53. The van der Waals surface area contributed by atoms with Crippen molar-refractivity contribution in [2.45, 2.75) is 19.4 Å². The number of rotatable bonds is 9. The molecule has 0 radical (unpaired) electrons. The Morgan fingerprint density at radius 3 is 2.39 bits per heavy atom. The van der Waals surface area contributed by atoms with E-state index in [0.717, 1.165) is 56.9 Å². The van der Waals surface area contributed by atoms with Crippen molar-refractivity contribution in [1.29, 1.82) is 0 Å². The van der Waals surface area contributed by atoms with Gasteiger partial charge in [-0.15, -0.1) is 0 Å². The average molecular weight is 384 g/mol. The molecule has 0 spiro atoms. The van der Waals surface area contributed by atoms with Crippen molar-refractivity contribution in [2.24, 2.45) is 0 Å². The van der Waals surface area contributed by atoms with E-state index in [2.05, 4.69) is 53.1 Å². The highest BCUT2D eigenvalue weighted by molar-refractivity contribution is 5.70. The van der Waals surface area contributed by atoms with Crippen molar-refractivity contribution >= 4 is 11.4 Å². The zero-order valence-electron chi connectivity index (χ0n) is 17.2. The second-order valence-corrected chi connectivity index (χ2v) is 7.53. The largest absolute Gasteiger partial charge is 0.493 e. The molecule has 28 heavy (non-hydrogen) atoms. The molecule has 0 aliphatic carbocycles. The van der Waals surface area contributed by atoms with Crippen LogP contribution < -0.4 is 14.5 Å². The van der Waals surface area contributed by atoms with Crippen molar-refractivity contribution < 1.29 is 9.84 Å². The van der Waals surface area contributed by atoms with Gasteiger partial charge in [-0.1, -0.05) is 30.3 Å². The Hall–Kier alpha value is -2.24. The third kappa shape index (κ3) is 5.40. The van der Waals surface area contributed by atoms with E-state index in [-0.39, 0.29) is 6.61 Å². The summed E-state index contributed by atoms with van der Waals surface area (Å²) in [6.45, 7) is 6.21. The van der Waals surface area contributed by atoms with Crippen LogP contribution in [-0.4, -0.2) is 63.4 Å². The molecule has 1 aliphatic rings. The van der Waals surface area contributed by atoms with Crippen LogP contribution in [0.5, 0.6) is 5.75 Å². The van der Waals surface area contributed by atoms with E-state index in [1.807, 2.05) is 24.3 Å². The number of anilines is 2. The number of piperazine rings is 1. The minimum absolute atomic E-state index is 0.0252. The van der Waals surface area contributed by atoms with Crippen molar-refractivity contribution in [3.05, 3.63) is 54.1 Å². The van der Waals surface area contributed by atoms with Crippen LogP contribution in [0.3, 0.4) is 0 Å². The van der Waals surface area contributed by atoms with Crippen LogP contribution >= 0.6 is 0 Å². The van der Waals surface area contributed by atoms with Crippen LogP contribution in [0.4, 0.5) is 11.4 Å². The van der Waals surface area contributed by atoms with E-state index < -0.39 is 0 Å². The number of nitrogens with zero attached hydrogens (tertiary/aromatic N) is 3. The predicted octanol–water partition coefficient (Wildman–Crippen LogP) is 3.23.